The standard InChI is InChI=1S/C20H23NO3/c1-13-4-9-18(14(2)10-13)20(23)24-12-16-5-7-17(8-6-16)19(11-21)15(3)22/h4-10,19H,11-12,21H2,1-3H3/t19-/m1/s1. The number of Topliss-reactive ketones (excluding diaryl/α,β-unsaturated/α-hetero) is 1. The van der Waals surface area contributed by atoms with E-state index >= 15 is 0 Å². The van der Waals surface area contributed by atoms with Crippen LogP contribution in [0.2, 0.25) is 0 Å². The average Bonchev–Trinajstić information content (AvgIpc) is 2.54. The van der Waals surface area contributed by atoms with Crippen LogP contribution in [0.25, 0.3) is 0 Å². The Bertz CT molecular complexity index is 735. The smallest absolute Gasteiger partial charge is 0.338 e. The molecule has 0 aliphatic heterocycles. The Labute approximate surface area is 142 Å². The van der Waals surface area contributed by atoms with Crippen molar-refractivity contribution in [3.8, 4) is 0 Å². The highest BCUT2D eigenvalue weighted by molar-refractivity contribution is 5.91. The van der Waals surface area contributed by atoms with Crippen molar-refractivity contribution in [2.24, 2.45) is 5.73 Å². The summed E-state index contributed by atoms with van der Waals surface area (Å²) in [4.78, 5) is 23.7. The minimum absolute atomic E-state index is 0.0477. The normalized spacial score (nSPS) is 11.8. The monoisotopic (exact) mass is 325 g/mol. The molecule has 126 valence electrons. The predicted octanol–water partition coefficient (Wildman–Crippen LogP) is 3.29. The SMILES string of the molecule is CC(=O)[C@@H](CN)c1ccc(COC(=O)c2ccc(C)cc2C)cc1. The van der Waals surface area contributed by atoms with Gasteiger partial charge in [0.05, 0.1) is 11.5 Å². The Balaban J connectivity index is 2.01. The van der Waals surface area contributed by atoms with Crippen molar-refractivity contribution in [1.82, 2.24) is 0 Å². The van der Waals surface area contributed by atoms with E-state index in [1.54, 1.807) is 6.07 Å². The van der Waals surface area contributed by atoms with Crippen LogP contribution in [0.15, 0.2) is 42.5 Å². The van der Waals surface area contributed by atoms with Gasteiger partial charge in [-0.3, -0.25) is 4.79 Å². The van der Waals surface area contributed by atoms with Crippen LogP contribution in [0.4, 0.5) is 0 Å². The van der Waals surface area contributed by atoms with Crippen molar-refractivity contribution in [3.63, 3.8) is 0 Å². The van der Waals surface area contributed by atoms with Crippen molar-refractivity contribution in [2.75, 3.05) is 6.54 Å². The summed E-state index contributed by atoms with van der Waals surface area (Å²) in [5, 5.41) is 0. The van der Waals surface area contributed by atoms with Gasteiger partial charge in [0.25, 0.3) is 0 Å². The molecule has 0 bridgehead atoms. The van der Waals surface area contributed by atoms with Gasteiger partial charge in [0.2, 0.25) is 0 Å². The first-order valence-corrected chi connectivity index (χ1v) is 7.96. The summed E-state index contributed by atoms with van der Waals surface area (Å²) < 4.78 is 5.38. The lowest BCUT2D eigenvalue weighted by Gasteiger charge is -2.12. The van der Waals surface area contributed by atoms with E-state index in [2.05, 4.69) is 0 Å². The zero-order valence-corrected chi connectivity index (χ0v) is 14.3. The molecule has 0 aliphatic rings. The lowest BCUT2D eigenvalue weighted by atomic mass is 9.95. The van der Waals surface area contributed by atoms with Crippen LogP contribution in [0.1, 0.15) is 45.5 Å². The van der Waals surface area contributed by atoms with Gasteiger partial charge < -0.3 is 10.5 Å². The number of nitrogens with two attached hydrogens (primary N) is 1. The van der Waals surface area contributed by atoms with E-state index in [0.717, 1.165) is 22.3 Å². The van der Waals surface area contributed by atoms with Crippen LogP contribution in [0.5, 0.6) is 0 Å². The third kappa shape index (κ3) is 4.30. The summed E-state index contributed by atoms with van der Waals surface area (Å²) in [7, 11) is 0. The van der Waals surface area contributed by atoms with Crippen molar-refractivity contribution in [3.05, 3.63) is 70.3 Å². The highest BCUT2D eigenvalue weighted by Gasteiger charge is 2.15. The quantitative estimate of drug-likeness (QED) is 0.827. The van der Waals surface area contributed by atoms with E-state index in [0.29, 0.717) is 5.56 Å². The van der Waals surface area contributed by atoms with Gasteiger partial charge in [-0.25, -0.2) is 4.79 Å². The summed E-state index contributed by atoms with van der Waals surface area (Å²) in [6.07, 6.45) is 0. The molecule has 2 aromatic rings. The summed E-state index contributed by atoms with van der Waals surface area (Å²) in [6, 6.07) is 13.1. The van der Waals surface area contributed by atoms with Crippen LogP contribution in [-0.4, -0.2) is 18.3 Å². The van der Waals surface area contributed by atoms with E-state index in [9.17, 15) is 9.59 Å². The molecule has 1 atom stereocenters. The molecule has 4 nitrogen and oxygen atoms in total. The Morgan fingerprint density at radius 3 is 2.29 bits per heavy atom. The van der Waals surface area contributed by atoms with Crippen LogP contribution >= 0.6 is 0 Å². The number of rotatable bonds is 6. The molecule has 0 fully saturated rings. The number of hydrogen-bond acceptors (Lipinski definition) is 4. The van der Waals surface area contributed by atoms with Gasteiger partial charge in [-0.05, 0) is 43.5 Å². The highest BCUT2D eigenvalue weighted by Crippen LogP contribution is 2.18. The second-order valence-electron chi connectivity index (χ2n) is 6.04. The van der Waals surface area contributed by atoms with Crippen molar-refractivity contribution >= 4 is 11.8 Å². The third-order valence-corrected chi connectivity index (χ3v) is 4.08. The van der Waals surface area contributed by atoms with Gasteiger partial charge in [0, 0.05) is 6.54 Å². The van der Waals surface area contributed by atoms with E-state index < -0.39 is 0 Å². The molecule has 2 aromatic carbocycles. The molecule has 0 radical (unpaired) electrons. The lowest BCUT2D eigenvalue weighted by Crippen LogP contribution is -2.19. The van der Waals surface area contributed by atoms with E-state index in [4.69, 9.17) is 10.5 Å². The molecular weight excluding hydrogens is 302 g/mol. The van der Waals surface area contributed by atoms with Crippen LogP contribution in [0.3, 0.4) is 0 Å². The second kappa shape index (κ2) is 7.88. The Morgan fingerprint density at radius 2 is 1.75 bits per heavy atom. The van der Waals surface area contributed by atoms with Gasteiger partial charge in [0.15, 0.2) is 0 Å². The number of benzene rings is 2. The molecule has 0 heterocycles. The first-order chi connectivity index (χ1) is 11.4. The fourth-order valence-electron chi connectivity index (χ4n) is 2.65. The van der Waals surface area contributed by atoms with Crippen LogP contribution < -0.4 is 5.73 Å². The predicted molar refractivity (Wildman–Crippen MR) is 94.0 cm³/mol. The van der Waals surface area contributed by atoms with E-state index in [1.807, 2.05) is 50.2 Å². The minimum Gasteiger partial charge on any atom is -0.457 e. The molecule has 0 saturated heterocycles. The molecular formula is C20H23NO3. The first kappa shape index (κ1) is 17.9. The topological polar surface area (TPSA) is 69.4 Å². The molecule has 4 heteroatoms. The summed E-state index contributed by atoms with van der Waals surface area (Å²) >= 11 is 0. The molecule has 0 spiro atoms. The number of ketones is 1. The maximum atomic E-state index is 12.2. The molecule has 0 aromatic heterocycles. The molecule has 24 heavy (non-hydrogen) atoms. The van der Waals surface area contributed by atoms with Gasteiger partial charge in [-0.15, -0.1) is 0 Å². The van der Waals surface area contributed by atoms with E-state index in [-0.39, 0.29) is 30.8 Å². The number of hydrogen-bond donors (Lipinski definition) is 1. The van der Waals surface area contributed by atoms with Crippen molar-refractivity contribution in [2.45, 2.75) is 33.3 Å². The van der Waals surface area contributed by atoms with Gasteiger partial charge >= 0.3 is 5.97 Å². The summed E-state index contributed by atoms with van der Waals surface area (Å²) in [6.45, 7) is 5.90. The van der Waals surface area contributed by atoms with Crippen molar-refractivity contribution in [1.29, 1.82) is 0 Å². The van der Waals surface area contributed by atoms with Gasteiger partial charge in [0.1, 0.15) is 12.4 Å². The Kier molecular flexibility index (Phi) is 5.88. The molecule has 0 unspecified atom stereocenters. The fraction of sp³-hybridized carbons (Fsp3) is 0.300. The minimum atomic E-state index is -0.333. The summed E-state index contributed by atoms with van der Waals surface area (Å²) in [5.41, 5.74) is 9.99. The molecule has 0 saturated carbocycles. The maximum Gasteiger partial charge on any atom is 0.338 e. The second-order valence-corrected chi connectivity index (χ2v) is 6.04. The maximum absolute atomic E-state index is 12.2. The third-order valence-electron chi connectivity index (χ3n) is 4.08. The number of ether oxygens (including phenoxy) is 1. The lowest BCUT2D eigenvalue weighted by molar-refractivity contribution is -0.118. The zero-order valence-electron chi connectivity index (χ0n) is 14.3. The number of aryl methyl sites for hydroxylation is 2. The highest BCUT2D eigenvalue weighted by atomic mass is 16.5. The Morgan fingerprint density at radius 1 is 1.08 bits per heavy atom. The zero-order chi connectivity index (χ0) is 17.7. The number of esters is 1. The van der Waals surface area contributed by atoms with Crippen LogP contribution in [0, 0.1) is 13.8 Å². The first-order valence-electron chi connectivity index (χ1n) is 7.96. The van der Waals surface area contributed by atoms with Gasteiger partial charge in [-0.2, -0.15) is 0 Å². The number of carbonyl (C=O) groups is 2. The molecule has 2 N–H and O–H groups in total. The molecule has 2 rings (SSSR count). The molecule has 0 amide bonds. The van der Waals surface area contributed by atoms with E-state index in [1.165, 1.54) is 6.92 Å². The Hall–Kier alpha value is -2.46. The van der Waals surface area contributed by atoms with Gasteiger partial charge in [-0.1, -0.05) is 42.0 Å². The fourth-order valence-corrected chi connectivity index (χ4v) is 2.65. The average molecular weight is 325 g/mol. The van der Waals surface area contributed by atoms with Crippen LogP contribution in [-0.2, 0) is 16.1 Å². The largest absolute Gasteiger partial charge is 0.457 e. The van der Waals surface area contributed by atoms with Crippen molar-refractivity contribution < 1.29 is 14.3 Å². The molecule has 0 aliphatic carbocycles. The number of carbonyl (C=O) groups excluding carboxylic acids is 2. The summed E-state index contributed by atoms with van der Waals surface area (Å²) in [5.74, 6) is -0.566.